The van der Waals surface area contributed by atoms with E-state index in [4.69, 9.17) is 4.74 Å². The second-order valence-corrected chi connectivity index (χ2v) is 7.32. The number of amides is 2. The first-order valence-electron chi connectivity index (χ1n) is 7.93. The zero-order valence-corrected chi connectivity index (χ0v) is 14.3. The summed E-state index contributed by atoms with van der Waals surface area (Å²) in [5.41, 5.74) is 0. The van der Waals surface area contributed by atoms with Crippen molar-refractivity contribution in [3.63, 3.8) is 0 Å². The molecule has 0 bridgehead atoms. The molecule has 0 radical (unpaired) electrons. The minimum Gasteiger partial charge on any atom is -0.374 e. The Morgan fingerprint density at radius 1 is 1.48 bits per heavy atom. The molecule has 2 aliphatic rings. The lowest BCUT2D eigenvalue weighted by molar-refractivity contribution is -0.0309. The van der Waals surface area contributed by atoms with Crippen LogP contribution in [0, 0.1) is 5.92 Å². The number of nitrogens with zero attached hydrogens (tertiary/aromatic N) is 2. The number of nitrogens with one attached hydrogen (secondary N) is 1. The zero-order chi connectivity index (χ0) is 15.2. The Morgan fingerprint density at radius 3 is 2.86 bits per heavy atom. The first-order chi connectivity index (χ1) is 10.1. The highest BCUT2D eigenvalue weighted by atomic mass is 32.2. The largest absolute Gasteiger partial charge is 0.374 e. The molecule has 0 spiro atoms. The molecule has 5 nitrogen and oxygen atoms in total. The molecule has 1 aliphatic carbocycles. The third kappa shape index (κ3) is 6.04. The summed E-state index contributed by atoms with van der Waals surface area (Å²) in [5, 5.41) is 3.11. The van der Waals surface area contributed by atoms with E-state index in [-0.39, 0.29) is 18.2 Å². The molecule has 0 aromatic rings. The third-order valence-electron chi connectivity index (χ3n) is 4.02. The van der Waals surface area contributed by atoms with E-state index in [9.17, 15) is 4.79 Å². The van der Waals surface area contributed by atoms with Gasteiger partial charge in [-0.1, -0.05) is 0 Å². The van der Waals surface area contributed by atoms with Gasteiger partial charge in [-0.3, -0.25) is 0 Å². The fourth-order valence-corrected chi connectivity index (χ4v) is 3.25. The van der Waals surface area contributed by atoms with Crippen molar-refractivity contribution in [1.29, 1.82) is 0 Å². The van der Waals surface area contributed by atoms with Crippen LogP contribution in [0.15, 0.2) is 0 Å². The quantitative estimate of drug-likeness (QED) is 0.773. The summed E-state index contributed by atoms with van der Waals surface area (Å²) in [4.78, 5) is 16.7. The van der Waals surface area contributed by atoms with E-state index in [1.165, 1.54) is 12.8 Å². The number of hydrogen-bond donors (Lipinski definition) is 1. The molecule has 1 heterocycles. The van der Waals surface area contributed by atoms with Crippen molar-refractivity contribution in [2.75, 3.05) is 51.8 Å². The van der Waals surface area contributed by atoms with Crippen molar-refractivity contribution in [1.82, 2.24) is 15.1 Å². The van der Waals surface area contributed by atoms with Gasteiger partial charge in [0.2, 0.25) is 0 Å². The Balaban J connectivity index is 1.85. The summed E-state index contributed by atoms with van der Waals surface area (Å²) in [6.07, 6.45) is 4.73. The van der Waals surface area contributed by atoms with Gasteiger partial charge < -0.3 is 19.9 Å². The average molecular weight is 315 g/mol. The maximum absolute atomic E-state index is 12.5. The molecule has 1 saturated carbocycles. The Hall–Kier alpha value is -0.460. The Labute approximate surface area is 132 Å². The van der Waals surface area contributed by atoms with E-state index in [2.05, 4.69) is 30.4 Å². The zero-order valence-electron chi connectivity index (χ0n) is 13.5. The minimum absolute atomic E-state index is 0.0697. The van der Waals surface area contributed by atoms with E-state index in [1.54, 1.807) is 11.8 Å². The van der Waals surface area contributed by atoms with Crippen LogP contribution in [0.4, 0.5) is 4.79 Å². The second kappa shape index (κ2) is 8.25. The number of rotatable bonds is 7. The van der Waals surface area contributed by atoms with Gasteiger partial charge in [0.1, 0.15) is 0 Å². The van der Waals surface area contributed by atoms with Gasteiger partial charge in [0, 0.05) is 38.0 Å². The number of carbonyl (C=O) groups excluding carboxylic acids is 1. The van der Waals surface area contributed by atoms with E-state index in [1.807, 2.05) is 4.90 Å². The predicted octanol–water partition coefficient (Wildman–Crippen LogP) is 1.49. The number of likely N-dealkylation sites (N-methyl/N-ethyl adjacent to an activating group) is 1. The van der Waals surface area contributed by atoms with Crippen LogP contribution in [0.1, 0.15) is 19.8 Å². The van der Waals surface area contributed by atoms with E-state index in [0.717, 1.165) is 32.0 Å². The number of thioether (sulfide) groups is 1. The molecule has 1 aliphatic heterocycles. The number of carbonyl (C=O) groups is 1. The standard InChI is InChI=1S/C15H29N3O2S/c1-12(11-21-3)16-15(19)18(8-13-4-5-13)10-14-9-17(2)6-7-20-14/h12-14H,4-11H2,1-3H3,(H,16,19)/t12-,14+/m1/s1. The van der Waals surface area contributed by atoms with E-state index < -0.39 is 0 Å². The highest BCUT2D eigenvalue weighted by Gasteiger charge is 2.30. The number of morpholine rings is 1. The van der Waals surface area contributed by atoms with Gasteiger partial charge >= 0.3 is 6.03 Å². The van der Waals surface area contributed by atoms with Crippen molar-refractivity contribution in [2.45, 2.75) is 31.9 Å². The molecule has 0 aromatic heterocycles. The number of hydrogen-bond acceptors (Lipinski definition) is 4. The van der Waals surface area contributed by atoms with Crippen molar-refractivity contribution in [3.05, 3.63) is 0 Å². The van der Waals surface area contributed by atoms with Crippen molar-refractivity contribution >= 4 is 17.8 Å². The van der Waals surface area contributed by atoms with Crippen LogP contribution in [0.3, 0.4) is 0 Å². The van der Waals surface area contributed by atoms with Crippen LogP contribution in [0.5, 0.6) is 0 Å². The third-order valence-corrected chi connectivity index (χ3v) is 4.85. The molecule has 0 aromatic carbocycles. The predicted molar refractivity (Wildman–Crippen MR) is 87.9 cm³/mol. The van der Waals surface area contributed by atoms with Gasteiger partial charge in [-0.2, -0.15) is 11.8 Å². The second-order valence-electron chi connectivity index (χ2n) is 6.41. The topological polar surface area (TPSA) is 44.8 Å². The molecule has 1 saturated heterocycles. The smallest absolute Gasteiger partial charge is 0.317 e. The molecule has 2 rings (SSSR count). The normalized spacial score (nSPS) is 24.6. The van der Waals surface area contributed by atoms with Crippen LogP contribution in [0.25, 0.3) is 0 Å². The molecule has 1 N–H and O–H groups in total. The molecule has 2 amide bonds. The van der Waals surface area contributed by atoms with Gasteiger partial charge in [0.25, 0.3) is 0 Å². The highest BCUT2D eigenvalue weighted by molar-refractivity contribution is 7.98. The summed E-state index contributed by atoms with van der Waals surface area (Å²) in [7, 11) is 2.11. The maximum atomic E-state index is 12.5. The molecule has 0 unspecified atom stereocenters. The molecule has 6 heteroatoms. The van der Waals surface area contributed by atoms with Crippen molar-refractivity contribution in [3.8, 4) is 0 Å². The molecule has 2 fully saturated rings. The summed E-state index contributed by atoms with van der Waals surface area (Å²) in [5.74, 6) is 1.65. The minimum atomic E-state index is 0.0697. The lowest BCUT2D eigenvalue weighted by Gasteiger charge is -2.34. The first kappa shape index (κ1) is 16.9. The van der Waals surface area contributed by atoms with Gasteiger partial charge in [0.05, 0.1) is 12.7 Å². The molecular formula is C15H29N3O2S. The highest BCUT2D eigenvalue weighted by Crippen LogP contribution is 2.30. The first-order valence-corrected chi connectivity index (χ1v) is 9.32. The van der Waals surface area contributed by atoms with Crippen molar-refractivity contribution < 1.29 is 9.53 Å². The van der Waals surface area contributed by atoms with Crippen LogP contribution in [-0.4, -0.2) is 79.8 Å². The molecule has 2 atom stereocenters. The monoisotopic (exact) mass is 315 g/mol. The van der Waals surface area contributed by atoms with E-state index >= 15 is 0 Å². The number of ether oxygens (including phenoxy) is 1. The lowest BCUT2D eigenvalue weighted by atomic mass is 10.2. The molecular weight excluding hydrogens is 286 g/mol. The van der Waals surface area contributed by atoms with Crippen LogP contribution in [-0.2, 0) is 4.74 Å². The van der Waals surface area contributed by atoms with Gasteiger partial charge in [-0.05, 0) is 39.0 Å². The summed E-state index contributed by atoms with van der Waals surface area (Å²) in [6.45, 7) is 6.31. The van der Waals surface area contributed by atoms with Crippen LogP contribution in [0.2, 0.25) is 0 Å². The Bertz CT molecular complexity index is 339. The lowest BCUT2D eigenvalue weighted by Crippen LogP contribution is -2.52. The Morgan fingerprint density at radius 2 is 2.24 bits per heavy atom. The van der Waals surface area contributed by atoms with Crippen molar-refractivity contribution in [2.24, 2.45) is 5.92 Å². The van der Waals surface area contributed by atoms with Crippen LogP contribution >= 0.6 is 11.8 Å². The fraction of sp³-hybridized carbons (Fsp3) is 0.933. The van der Waals surface area contributed by atoms with Gasteiger partial charge in [-0.25, -0.2) is 4.79 Å². The van der Waals surface area contributed by atoms with Gasteiger partial charge in [0.15, 0.2) is 0 Å². The average Bonchev–Trinajstić information content (AvgIpc) is 3.22. The summed E-state index contributed by atoms with van der Waals surface area (Å²) in [6, 6.07) is 0.282. The van der Waals surface area contributed by atoms with Crippen LogP contribution < -0.4 is 5.32 Å². The molecule has 21 heavy (non-hydrogen) atoms. The fourth-order valence-electron chi connectivity index (χ4n) is 2.67. The Kier molecular flexibility index (Phi) is 6.64. The summed E-state index contributed by atoms with van der Waals surface area (Å²) < 4.78 is 5.82. The SMILES string of the molecule is CSC[C@@H](C)NC(=O)N(CC1CC1)C[C@@H]1CN(C)CCO1. The van der Waals surface area contributed by atoms with Gasteiger partial charge in [-0.15, -0.1) is 0 Å². The maximum Gasteiger partial charge on any atom is 0.317 e. The molecule has 122 valence electrons. The van der Waals surface area contributed by atoms with E-state index in [0.29, 0.717) is 12.5 Å². The number of urea groups is 1. The summed E-state index contributed by atoms with van der Waals surface area (Å²) >= 11 is 1.76.